The molecule has 1 aliphatic rings. The highest BCUT2D eigenvalue weighted by molar-refractivity contribution is 5.98. The molecule has 5 nitrogen and oxygen atoms in total. The summed E-state index contributed by atoms with van der Waals surface area (Å²) in [5.74, 6) is 0.487. The van der Waals surface area contributed by atoms with Crippen LogP contribution in [0.4, 0.5) is 5.69 Å². The third kappa shape index (κ3) is 2.55. The molecule has 0 spiro atoms. The van der Waals surface area contributed by atoms with E-state index in [-0.39, 0.29) is 37.3 Å². The number of halogens is 2. The summed E-state index contributed by atoms with van der Waals surface area (Å²) in [5.41, 5.74) is 6.27. The highest BCUT2D eigenvalue weighted by atomic mass is 35.5. The van der Waals surface area contributed by atoms with Crippen molar-refractivity contribution in [1.29, 1.82) is 0 Å². The van der Waals surface area contributed by atoms with Gasteiger partial charge in [-0.1, -0.05) is 0 Å². The Morgan fingerprint density at radius 3 is 2.94 bits per heavy atom. The fraction of sp³-hybridized carbons (Fsp3) is 0.333. The van der Waals surface area contributed by atoms with Gasteiger partial charge in [0, 0.05) is 19.3 Å². The Hall–Kier alpha value is -1.04. The van der Waals surface area contributed by atoms with Crippen molar-refractivity contribution in [2.45, 2.75) is 6.04 Å². The zero-order chi connectivity index (χ0) is 10.1. The van der Waals surface area contributed by atoms with Crippen LogP contribution in [0.1, 0.15) is 0 Å². The molecule has 2 heterocycles. The molecule has 0 aromatic carbocycles. The predicted octanol–water partition coefficient (Wildman–Crippen LogP) is 0.608. The van der Waals surface area contributed by atoms with Crippen molar-refractivity contribution in [2.75, 3.05) is 18.6 Å². The van der Waals surface area contributed by atoms with Crippen LogP contribution in [0.5, 0.6) is 5.75 Å². The number of nitrogens with zero attached hydrogens (tertiary/aromatic N) is 2. The minimum absolute atomic E-state index is 0. The van der Waals surface area contributed by atoms with Gasteiger partial charge in [-0.15, -0.1) is 24.8 Å². The third-order valence-corrected chi connectivity index (χ3v) is 2.19. The Bertz CT molecular complexity index is 376. The van der Waals surface area contributed by atoms with Crippen molar-refractivity contribution in [1.82, 2.24) is 4.98 Å². The van der Waals surface area contributed by atoms with Crippen molar-refractivity contribution < 1.29 is 9.53 Å². The van der Waals surface area contributed by atoms with Gasteiger partial charge in [-0.2, -0.15) is 0 Å². The number of amides is 1. The van der Waals surface area contributed by atoms with Crippen LogP contribution in [0.25, 0.3) is 0 Å². The lowest BCUT2D eigenvalue weighted by molar-refractivity contribution is -0.119. The van der Waals surface area contributed by atoms with E-state index >= 15 is 0 Å². The lowest BCUT2D eigenvalue weighted by Gasteiger charge is -2.16. The molecule has 0 unspecified atom stereocenters. The standard InChI is InChI=1S/C9H11N3O2.2ClH/c1-12-7-4-11-3-2-8(7)14-5-6(10)9(12)13;;/h2-4,6H,5,10H2,1H3;2*1H/t6-;;/m0../s1. The number of ether oxygens (including phenoxy) is 1. The summed E-state index contributed by atoms with van der Waals surface area (Å²) in [5, 5.41) is 0. The predicted molar refractivity (Wildman–Crippen MR) is 65.6 cm³/mol. The first-order chi connectivity index (χ1) is 6.70. The number of anilines is 1. The number of carbonyl (C=O) groups excluding carboxylic acids is 1. The largest absolute Gasteiger partial charge is 0.489 e. The van der Waals surface area contributed by atoms with Crippen LogP contribution in [0.15, 0.2) is 18.5 Å². The van der Waals surface area contributed by atoms with Crippen LogP contribution >= 0.6 is 24.8 Å². The van der Waals surface area contributed by atoms with Gasteiger partial charge in [0.05, 0.1) is 6.20 Å². The van der Waals surface area contributed by atoms with Gasteiger partial charge in [0.2, 0.25) is 5.91 Å². The Morgan fingerprint density at radius 1 is 1.56 bits per heavy atom. The summed E-state index contributed by atoms with van der Waals surface area (Å²) >= 11 is 0. The normalized spacial score (nSPS) is 18.5. The van der Waals surface area contributed by atoms with E-state index in [0.29, 0.717) is 11.4 Å². The molecule has 90 valence electrons. The van der Waals surface area contributed by atoms with E-state index in [0.717, 1.165) is 0 Å². The van der Waals surface area contributed by atoms with Gasteiger partial charge >= 0.3 is 0 Å². The maximum absolute atomic E-state index is 11.6. The van der Waals surface area contributed by atoms with Gasteiger partial charge in [-0.05, 0) is 0 Å². The summed E-state index contributed by atoms with van der Waals surface area (Å²) < 4.78 is 5.37. The summed E-state index contributed by atoms with van der Waals surface area (Å²) in [7, 11) is 1.66. The molecular formula is C9H13Cl2N3O2. The average molecular weight is 266 g/mol. The lowest BCUT2D eigenvalue weighted by atomic mass is 10.3. The zero-order valence-electron chi connectivity index (χ0n) is 8.62. The summed E-state index contributed by atoms with van der Waals surface area (Å²) in [4.78, 5) is 17.0. The van der Waals surface area contributed by atoms with Crippen LogP contribution < -0.4 is 15.4 Å². The molecule has 1 aliphatic heterocycles. The van der Waals surface area contributed by atoms with Crippen LogP contribution in [-0.2, 0) is 4.79 Å². The first kappa shape index (κ1) is 15.0. The van der Waals surface area contributed by atoms with E-state index in [4.69, 9.17) is 10.5 Å². The fourth-order valence-electron chi connectivity index (χ4n) is 1.37. The van der Waals surface area contributed by atoms with Crippen molar-refractivity contribution in [2.24, 2.45) is 5.73 Å². The number of carbonyl (C=O) groups is 1. The second-order valence-corrected chi connectivity index (χ2v) is 3.16. The van der Waals surface area contributed by atoms with E-state index < -0.39 is 6.04 Å². The third-order valence-electron chi connectivity index (χ3n) is 2.19. The van der Waals surface area contributed by atoms with Crippen LogP contribution in [0.3, 0.4) is 0 Å². The molecule has 7 heteroatoms. The molecule has 1 atom stereocenters. The number of aromatic nitrogens is 1. The molecular weight excluding hydrogens is 253 g/mol. The maximum Gasteiger partial charge on any atom is 0.247 e. The molecule has 0 saturated heterocycles. The first-order valence-corrected chi connectivity index (χ1v) is 4.30. The molecule has 2 N–H and O–H groups in total. The van der Waals surface area contributed by atoms with Gasteiger partial charge < -0.3 is 15.4 Å². The molecule has 2 rings (SSSR count). The topological polar surface area (TPSA) is 68.5 Å². The monoisotopic (exact) mass is 265 g/mol. The van der Waals surface area contributed by atoms with Crippen LogP contribution in [0, 0.1) is 0 Å². The molecule has 0 bridgehead atoms. The van der Waals surface area contributed by atoms with Crippen molar-refractivity contribution in [3.8, 4) is 5.75 Å². The molecule has 16 heavy (non-hydrogen) atoms. The molecule has 1 aromatic heterocycles. The fourth-order valence-corrected chi connectivity index (χ4v) is 1.37. The number of hydrogen-bond donors (Lipinski definition) is 1. The highest BCUT2D eigenvalue weighted by Gasteiger charge is 2.26. The Morgan fingerprint density at radius 2 is 2.25 bits per heavy atom. The maximum atomic E-state index is 11.6. The minimum atomic E-state index is -0.604. The van der Waals surface area contributed by atoms with Crippen LogP contribution in [-0.4, -0.2) is 30.6 Å². The summed E-state index contributed by atoms with van der Waals surface area (Å²) in [6, 6.07) is 1.12. The molecule has 1 amide bonds. The zero-order valence-corrected chi connectivity index (χ0v) is 10.3. The SMILES string of the molecule is CN1C(=O)[C@@H](N)COc2ccncc21.Cl.Cl. The van der Waals surface area contributed by atoms with Gasteiger partial charge in [0.1, 0.15) is 24.1 Å². The molecule has 0 fully saturated rings. The van der Waals surface area contributed by atoms with E-state index in [1.54, 1.807) is 25.5 Å². The number of fused-ring (bicyclic) bond motifs is 1. The molecule has 0 saturated carbocycles. The molecule has 1 aromatic rings. The van der Waals surface area contributed by atoms with Gasteiger partial charge in [-0.25, -0.2) is 0 Å². The molecule has 0 aliphatic carbocycles. The van der Waals surface area contributed by atoms with E-state index in [9.17, 15) is 4.79 Å². The average Bonchev–Trinajstić information content (AvgIpc) is 2.32. The van der Waals surface area contributed by atoms with E-state index in [1.807, 2.05) is 0 Å². The summed E-state index contributed by atoms with van der Waals surface area (Å²) in [6.45, 7) is 0.209. The van der Waals surface area contributed by atoms with Gasteiger partial charge in [0.15, 0.2) is 0 Å². The number of nitrogens with two attached hydrogens (primary N) is 1. The quantitative estimate of drug-likeness (QED) is 0.747. The Balaban J connectivity index is 0.00000112. The minimum Gasteiger partial charge on any atom is -0.489 e. The second-order valence-electron chi connectivity index (χ2n) is 3.16. The van der Waals surface area contributed by atoms with E-state index in [2.05, 4.69) is 4.98 Å². The second kappa shape index (κ2) is 5.89. The number of hydrogen-bond acceptors (Lipinski definition) is 4. The van der Waals surface area contributed by atoms with Crippen LogP contribution in [0.2, 0.25) is 0 Å². The highest BCUT2D eigenvalue weighted by Crippen LogP contribution is 2.28. The van der Waals surface area contributed by atoms with E-state index in [1.165, 1.54) is 4.90 Å². The Labute approximate surface area is 106 Å². The Kier molecular flexibility index (Phi) is 5.50. The van der Waals surface area contributed by atoms with Crippen molar-refractivity contribution in [3.63, 3.8) is 0 Å². The number of rotatable bonds is 0. The van der Waals surface area contributed by atoms with Crippen molar-refractivity contribution >= 4 is 36.4 Å². The number of likely N-dealkylation sites (N-methyl/N-ethyl adjacent to an activating group) is 1. The van der Waals surface area contributed by atoms with Crippen molar-refractivity contribution in [3.05, 3.63) is 18.5 Å². The summed E-state index contributed by atoms with van der Waals surface area (Å²) in [6.07, 6.45) is 3.21. The lowest BCUT2D eigenvalue weighted by Crippen LogP contribution is -2.43. The number of pyridine rings is 1. The molecule has 0 radical (unpaired) electrons. The van der Waals surface area contributed by atoms with Gasteiger partial charge in [-0.3, -0.25) is 9.78 Å². The van der Waals surface area contributed by atoms with Gasteiger partial charge in [0.25, 0.3) is 0 Å². The smallest absolute Gasteiger partial charge is 0.247 e. The first-order valence-electron chi connectivity index (χ1n) is 4.30.